The van der Waals surface area contributed by atoms with Crippen molar-refractivity contribution in [2.45, 2.75) is 11.8 Å². The number of benzene rings is 2. The van der Waals surface area contributed by atoms with E-state index in [-0.39, 0.29) is 16.3 Å². The summed E-state index contributed by atoms with van der Waals surface area (Å²) in [6.07, 6.45) is 0. The molecule has 7 heteroatoms. The van der Waals surface area contributed by atoms with E-state index >= 15 is 0 Å². The molecule has 2 aromatic carbocycles. The predicted molar refractivity (Wildman–Crippen MR) is 74.8 cm³/mol. The predicted octanol–water partition coefficient (Wildman–Crippen LogP) is 3.16. The fourth-order valence-electron chi connectivity index (χ4n) is 1.66. The molecule has 1 N–H and O–H groups in total. The number of rotatable bonds is 5. The highest BCUT2D eigenvalue weighted by molar-refractivity contribution is 7.92. The van der Waals surface area contributed by atoms with Crippen LogP contribution >= 0.6 is 0 Å². The van der Waals surface area contributed by atoms with Gasteiger partial charge in [0, 0.05) is 6.07 Å². The average Bonchev–Trinajstić information content (AvgIpc) is 2.42. The van der Waals surface area contributed by atoms with Crippen molar-refractivity contribution in [2.24, 2.45) is 0 Å². The van der Waals surface area contributed by atoms with E-state index in [4.69, 9.17) is 4.74 Å². The van der Waals surface area contributed by atoms with Gasteiger partial charge in [0.2, 0.25) is 0 Å². The molecule has 0 aromatic heterocycles. The van der Waals surface area contributed by atoms with Gasteiger partial charge in [-0.15, -0.1) is 0 Å². The van der Waals surface area contributed by atoms with E-state index < -0.39 is 21.7 Å². The Balaban J connectivity index is 2.24. The van der Waals surface area contributed by atoms with Crippen LogP contribution in [0.4, 0.5) is 14.5 Å². The Morgan fingerprint density at radius 2 is 1.76 bits per heavy atom. The fourth-order valence-corrected chi connectivity index (χ4v) is 2.71. The van der Waals surface area contributed by atoms with Crippen molar-refractivity contribution in [2.75, 3.05) is 11.3 Å². The highest BCUT2D eigenvalue weighted by Gasteiger charge is 2.15. The zero-order valence-electron chi connectivity index (χ0n) is 11.1. The summed E-state index contributed by atoms with van der Waals surface area (Å²) < 4.78 is 57.8. The standard InChI is InChI=1S/C14H13F2NO3S/c1-2-20-14-8-5-11(9-13(14)16)17-21(18,19)12-6-3-10(15)4-7-12/h3-9,17H,2H2,1H3. The van der Waals surface area contributed by atoms with Crippen molar-refractivity contribution in [3.05, 3.63) is 54.1 Å². The number of sulfonamides is 1. The monoisotopic (exact) mass is 313 g/mol. The Bertz CT molecular complexity index is 730. The van der Waals surface area contributed by atoms with E-state index in [9.17, 15) is 17.2 Å². The molecule has 112 valence electrons. The van der Waals surface area contributed by atoms with E-state index in [1.165, 1.54) is 12.1 Å². The van der Waals surface area contributed by atoms with E-state index in [0.29, 0.717) is 6.61 Å². The molecule has 0 atom stereocenters. The van der Waals surface area contributed by atoms with E-state index in [0.717, 1.165) is 30.3 Å². The number of nitrogens with one attached hydrogen (secondary N) is 1. The first-order valence-electron chi connectivity index (χ1n) is 6.13. The molecule has 0 bridgehead atoms. The molecule has 0 saturated carbocycles. The lowest BCUT2D eigenvalue weighted by atomic mass is 10.3. The van der Waals surface area contributed by atoms with Gasteiger partial charge in [-0.2, -0.15) is 0 Å². The fraction of sp³-hybridized carbons (Fsp3) is 0.143. The molecule has 0 aliphatic heterocycles. The zero-order valence-corrected chi connectivity index (χ0v) is 12.0. The first-order valence-corrected chi connectivity index (χ1v) is 7.61. The Hall–Kier alpha value is -2.15. The lowest BCUT2D eigenvalue weighted by molar-refractivity contribution is 0.321. The molecule has 0 unspecified atom stereocenters. The summed E-state index contributed by atoms with van der Waals surface area (Å²) in [7, 11) is -3.90. The number of hydrogen-bond donors (Lipinski definition) is 1. The quantitative estimate of drug-likeness (QED) is 0.922. The van der Waals surface area contributed by atoms with Crippen molar-refractivity contribution in [1.29, 1.82) is 0 Å². The summed E-state index contributed by atoms with van der Waals surface area (Å²) in [5, 5.41) is 0. The summed E-state index contributed by atoms with van der Waals surface area (Å²) >= 11 is 0. The number of anilines is 1. The average molecular weight is 313 g/mol. The summed E-state index contributed by atoms with van der Waals surface area (Å²) in [6.45, 7) is 2.02. The van der Waals surface area contributed by atoms with Crippen molar-refractivity contribution >= 4 is 15.7 Å². The second kappa shape index (κ2) is 6.09. The lowest BCUT2D eigenvalue weighted by Crippen LogP contribution is -2.13. The highest BCUT2D eigenvalue weighted by Crippen LogP contribution is 2.23. The van der Waals surface area contributed by atoms with Crippen molar-refractivity contribution in [3.63, 3.8) is 0 Å². The van der Waals surface area contributed by atoms with Crippen LogP contribution in [-0.4, -0.2) is 15.0 Å². The molecular weight excluding hydrogens is 300 g/mol. The Kier molecular flexibility index (Phi) is 4.42. The van der Waals surface area contributed by atoms with Crippen LogP contribution in [0.3, 0.4) is 0 Å². The molecule has 0 fully saturated rings. The minimum absolute atomic E-state index is 0.0437. The second-order valence-corrected chi connectivity index (χ2v) is 5.82. The van der Waals surface area contributed by atoms with Crippen molar-refractivity contribution < 1.29 is 21.9 Å². The van der Waals surface area contributed by atoms with Crippen LogP contribution in [0.15, 0.2) is 47.4 Å². The molecular formula is C14H13F2NO3S. The maximum atomic E-state index is 13.7. The van der Waals surface area contributed by atoms with Gasteiger partial charge < -0.3 is 4.74 Å². The molecule has 4 nitrogen and oxygen atoms in total. The van der Waals surface area contributed by atoms with Crippen LogP contribution in [-0.2, 0) is 10.0 Å². The molecule has 2 aromatic rings. The summed E-state index contributed by atoms with van der Waals surface area (Å²) in [5.74, 6) is -1.17. The third-order valence-electron chi connectivity index (χ3n) is 2.61. The Morgan fingerprint density at radius 1 is 1.10 bits per heavy atom. The maximum Gasteiger partial charge on any atom is 0.261 e. The van der Waals surface area contributed by atoms with Crippen LogP contribution < -0.4 is 9.46 Å². The van der Waals surface area contributed by atoms with Crippen molar-refractivity contribution in [3.8, 4) is 5.75 Å². The lowest BCUT2D eigenvalue weighted by Gasteiger charge is -2.10. The molecule has 0 amide bonds. The Morgan fingerprint density at radius 3 is 2.33 bits per heavy atom. The van der Waals surface area contributed by atoms with Crippen LogP contribution in [0.25, 0.3) is 0 Å². The summed E-state index contributed by atoms with van der Waals surface area (Å²) in [4.78, 5) is -0.113. The van der Waals surface area contributed by atoms with E-state index in [1.54, 1.807) is 6.92 Å². The molecule has 0 heterocycles. The van der Waals surface area contributed by atoms with Gasteiger partial charge in [0.05, 0.1) is 17.2 Å². The first-order chi connectivity index (χ1) is 9.92. The van der Waals surface area contributed by atoms with E-state index in [2.05, 4.69) is 4.72 Å². The van der Waals surface area contributed by atoms with Gasteiger partial charge in [0.1, 0.15) is 5.82 Å². The van der Waals surface area contributed by atoms with E-state index in [1.807, 2.05) is 0 Å². The third kappa shape index (κ3) is 3.69. The molecule has 2 rings (SSSR count). The molecule has 0 radical (unpaired) electrons. The second-order valence-electron chi connectivity index (χ2n) is 4.14. The molecule has 21 heavy (non-hydrogen) atoms. The third-order valence-corrected chi connectivity index (χ3v) is 4.01. The van der Waals surface area contributed by atoms with Gasteiger partial charge in [-0.1, -0.05) is 0 Å². The largest absolute Gasteiger partial charge is 0.491 e. The number of halogens is 2. The van der Waals surface area contributed by atoms with Crippen LogP contribution in [0.2, 0.25) is 0 Å². The topological polar surface area (TPSA) is 55.4 Å². The number of ether oxygens (including phenoxy) is 1. The highest BCUT2D eigenvalue weighted by atomic mass is 32.2. The van der Waals surface area contributed by atoms with Gasteiger partial charge in [-0.25, -0.2) is 17.2 Å². The minimum Gasteiger partial charge on any atom is -0.491 e. The van der Waals surface area contributed by atoms with Crippen molar-refractivity contribution in [1.82, 2.24) is 0 Å². The van der Waals surface area contributed by atoms with Gasteiger partial charge in [-0.05, 0) is 43.3 Å². The molecule has 0 spiro atoms. The van der Waals surface area contributed by atoms with Gasteiger partial charge in [-0.3, -0.25) is 4.72 Å². The smallest absolute Gasteiger partial charge is 0.261 e. The van der Waals surface area contributed by atoms with Crippen LogP contribution in [0.1, 0.15) is 6.92 Å². The van der Waals surface area contributed by atoms with Gasteiger partial charge >= 0.3 is 0 Å². The molecule has 0 aliphatic carbocycles. The van der Waals surface area contributed by atoms with Crippen LogP contribution in [0, 0.1) is 11.6 Å². The van der Waals surface area contributed by atoms with Gasteiger partial charge in [0.15, 0.2) is 11.6 Å². The molecule has 0 saturated heterocycles. The Labute approximate surface area is 121 Å². The number of hydrogen-bond acceptors (Lipinski definition) is 3. The summed E-state index contributed by atoms with van der Waals surface area (Å²) in [6, 6.07) is 8.06. The van der Waals surface area contributed by atoms with Gasteiger partial charge in [0.25, 0.3) is 10.0 Å². The first kappa shape index (κ1) is 15.2. The maximum absolute atomic E-state index is 13.7. The SMILES string of the molecule is CCOc1ccc(NS(=O)(=O)c2ccc(F)cc2)cc1F. The normalized spacial score (nSPS) is 11.2. The zero-order chi connectivity index (χ0) is 15.5. The van der Waals surface area contributed by atoms with Crippen LogP contribution in [0.5, 0.6) is 5.75 Å². The minimum atomic E-state index is -3.90. The summed E-state index contributed by atoms with van der Waals surface area (Å²) in [5.41, 5.74) is 0.0558. The molecule has 0 aliphatic rings.